The van der Waals surface area contributed by atoms with Crippen molar-refractivity contribution in [2.75, 3.05) is 13.1 Å². The van der Waals surface area contributed by atoms with Crippen molar-refractivity contribution in [2.45, 2.75) is 57.6 Å². The van der Waals surface area contributed by atoms with Crippen LogP contribution in [0.5, 0.6) is 0 Å². The molecule has 3 aromatic rings. The molecule has 1 aromatic heterocycles. The topological polar surface area (TPSA) is 42.4 Å². The van der Waals surface area contributed by atoms with Gasteiger partial charge in [-0.15, -0.1) is 0 Å². The number of carbonyl (C=O) groups excluding carboxylic acids is 1. The molecule has 6 rings (SSSR count). The van der Waals surface area contributed by atoms with Crippen LogP contribution >= 0.6 is 0 Å². The lowest BCUT2D eigenvalue weighted by molar-refractivity contribution is -0.163. The van der Waals surface area contributed by atoms with Gasteiger partial charge in [0.15, 0.2) is 0 Å². The van der Waals surface area contributed by atoms with Crippen molar-refractivity contribution in [3.05, 3.63) is 78.0 Å². The van der Waals surface area contributed by atoms with E-state index < -0.39 is 5.41 Å². The normalized spacial score (nSPS) is 25.7. The first-order valence-electron chi connectivity index (χ1n) is 12.3. The third kappa shape index (κ3) is 4.06. The van der Waals surface area contributed by atoms with Crippen molar-refractivity contribution >= 4 is 16.9 Å². The van der Waals surface area contributed by atoms with E-state index in [9.17, 15) is 4.79 Å². The fourth-order valence-electron chi connectivity index (χ4n) is 5.91. The van der Waals surface area contributed by atoms with Crippen molar-refractivity contribution in [1.82, 2.24) is 9.88 Å². The second kappa shape index (κ2) is 8.90. The van der Waals surface area contributed by atoms with Crippen molar-refractivity contribution in [3.8, 4) is 0 Å². The summed E-state index contributed by atoms with van der Waals surface area (Å²) >= 11 is 0. The number of benzene rings is 2. The molecule has 33 heavy (non-hydrogen) atoms. The minimum Gasteiger partial charge on any atom is -0.455 e. The van der Waals surface area contributed by atoms with E-state index in [1.165, 1.54) is 12.8 Å². The summed E-state index contributed by atoms with van der Waals surface area (Å²) in [5, 5.41) is 1.07. The SMILES string of the molecule is CC[C@H]1CN2CC[C@H]1C[C@@H]2[C@@H](OC(=O)C(C)(C)c1ccccc1)c1ccnc2ccccc12. The Morgan fingerprint density at radius 3 is 2.61 bits per heavy atom. The van der Waals surface area contributed by atoms with Crippen LogP contribution in [0.4, 0.5) is 0 Å². The predicted molar refractivity (Wildman–Crippen MR) is 132 cm³/mol. The quantitative estimate of drug-likeness (QED) is 0.445. The van der Waals surface area contributed by atoms with E-state index in [2.05, 4.69) is 28.9 Å². The molecule has 0 N–H and O–H groups in total. The lowest BCUT2D eigenvalue weighted by Gasteiger charge is -2.52. The van der Waals surface area contributed by atoms with Gasteiger partial charge in [0, 0.05) is 23.7 Å². The lowest BCUT2D eigenvalue weighted by atomic mass is 9.72. The molecule has 2 aromatic carbocycles. The highest BCUT2D eigenvalue weighted by molar-refractivity contribution is 5.85. The Kier molecular flexibility index (Phi) is 5.96. The molecule has 0 aliphatic carbocycles. The summed E-state index contributed by atoms with van der Waals surface area (Å²) < 4.78 is 6.52. The summed E-state index contributed by atoms with van der Waals surface area (Å²) in [6.07, 6.45) is 5.10. The highest BCUT2D eigenvalue weighted by Crippen LogP contribution is 2.44. The van der Waals surface area contributed by atoms with Gasteiger partial charge in [-0.1, -0.05) is 61.9 Å². The summed E-state index contributed by atoms with van der Waals surface area (Å²) in [5.41, 5.74) is 2.27. The van der Waals surface area contributed by atoms with Gasteiger partial charge in [-0.25, -0.2) is 0 Å². The second-order valence-electron chi connectivity index (χ2n) is 10.2. The number of carbonyl (C=O) groups is 1. The number of para-hydroxylation sites is 1. The van der Waals surface area contributed by atoms with Crippen LogP contribution in [0, 0.1) is 11.8 Å². The Hall–Kier alpha value is -2.72. The monoisotopic (exact) mass is 442 g/mol. The highest BCUT2D eigenvalue weighted by Gasteiger charge is 2.45. The number of rotatable bonds is 6. The largest absolute Gasteiger partial charge is 0.455 e. The minimum atomic E-state index is -0.725. The first kappa shape index (κ1) is 22.1. The van der Waals surface area contributed by atoms with Crippen molar-refractivity contribution < 1.29 is 9.53 Å². The molecular formula is C29H34N2O2. The van der Waals surface area contributed by atoms with Crippen LogP contribution in [0.25, 0.3) is 10.9 Å². The van der Waals surface area contributed by atoms with Crippen LogP contribution < -0.4 is 0 Å². The Bertz CT molecular complexity index is 1120. The summed E-state index contributed by atoms with van der Waals surface area (Å²) in [7, 11) is 0. The number of nitrogens with zero attached hydrogens (tertiary/aromatic N) is 2. The number of esters is 1. The standard InChI is InChI=1S/C29H34N2O2/c1-4-20-19-31-17-15-21(20)18-26(31)27(24-14-16-30-25-13-9-8-12-23(24)25)33-28(32)29(2,3)22-10-6-5-7-11-22/h5-14,16,20-21,26-27H,4,15,17-19H2,1-3H3/t20-,21-,26+,27-/m0/s1. The molecule has 0 radical (unpaired) electrons. The smallest absolute Gasteiger partial charge is 0.316 e. The Labute approximate surface area is 197 Å². The van der Waals surface area contributed by atoms with Crippen molar-refractivity contribution in [2.24, 2.45) is 11.8 Å². The highest BCUT2D eigenvalue weighted by atomic mass is 16.5. The molecule has 4 nitrogen and oxygen atoms in total. The Balaban J connectivity index is 1.53. The number of ether oxygens (including phenoxy) is 1. The summed E-state index contributed by atoms with van der Waals surface area (Å²) in [6, 6.07) is 20.4. The number of hydrogen-bond donors (Lipinski definition) is 0. The van der Waals surface area contributed by atoms with Gasteiger partial charge >= 0.3 is 5.97 Å². The van der Waals surface area contributed by atoms with E-state index in [-0.39, 0.29) is 18.1 Å². The van der Waals surface area contributed by atoms with Gasteiger partial charge in [0.25, 0.3) is 0 Å². The summed E-state index contributed by atoms with van der Waals surface area (Å²) in [6.45, 7) is 8.42. The average molecular weight is 443 g/mol. The average Bonchev–Trinajstić information content (AvgIpc) is 2.87. The Morgan fingerprint density at radius 2 is 1.88 bits per heavy atom. The zero-order valence-electron chi connectivity index (χ0n) is 19.9. The number of fused-ring (bicyclic) bond motifs is 4. The second-order valence-corrected chi connectivity index (χ2v) is 10.2. The fourth-order valence-corrected chi connectivity index (χ4v) is 5.91. The van der Waals surface area contributed by atoms with Gasteiger partial charge in [0.1, 0.15) is 6.10 Å². The maximum atomic E-state index is 13.7. The van der Waals surface area contributed by atoms with E-state index in [1.807, 2.05) is 68.6 Å². The first-order chi connectivity index (χ1) is 16.0. The molecule has 0 amide bonds. The van der Waals surface area contributed by atoms with E-state index in [0.717, 1.165) is 47.5 Å². The van der Waals surface area contributed by atoms with Gasteiger partial charge < -0.3 is 4.74 Å². The molecule has 3 aliphatic heterocycles. The van der Waals surface area contributed by atoms with Crippen LogP contribution in [0.1, 0.15) is 57.3 Å². The van der Waals surface area contributed by atoms with Gasteiger partial charge in [-0.2, -0.15) is 0 Å². The molecule has 3 fully saturated rings. The van der Waals surface area contributed by atoms with Gasteiger partial charge in [-0.05, 0) is 62.8 Å². The maximum absolute atomic E-state index is 13.7. The zero-order valence-corrected chi connectivity index (χ0v) is 19.9. The van der Waals surface area contributed by atoms with E-state index >= 15 is 0 Å². The fraction of sp³-hybridized carbons (Fsp3) is 0.448. The van der Waals surface area contributed by atoms with E-state index in [1.54, 1.807) is 0 Å². The molecule has 4 heteroatoms. The molecular weight excluding hydrogens is 408 g/mol. The Morgan fingerprint density at radius 1 is 1.12 bits per heavy atom. The van der Waals surface area contributed by atoms with Crippen LogP contribution in [0.3, 0.4) is 0 Å². The molecule has 1 unspecified atom stereocenters. The van der Waals surface area contributed by atoms with Crippen LogP contribution in [0.2, 0.25) is 0 Å². The number of hydrogen-bond acceptors (Lipinski definition) is 4. The van der Waals surface area contributed by atoms with E-state index in [4.69, 9.17) is 4.74 Å². The minimum absolute atomic E-state index is 0.172. The van der Waals surface area contributed by atoms with Crippen LogP contribution in [0.15, 0.2) is 66.9 Å². The zero-order chi connectivity index (χ0) is 23.0. The van der Waals surface area contributed by atoms with Gasteiger partial charge in [0.2, 0.25) is 0 Å². The third-order valence-electron chi connectivity index (χ3n) is 8.04. The lowest BCUT2D eigenvalue weighted by Crippen LogP contribution is -2.56. The van der Waals surface area contributed by atoms with Crippen LogP contribution in [-0.2, 0) is 14.9 Å². The summed E-state index contributed by atoms with van der Waals surface area (Å²) in [5.74, 6) is 1.29. The predicted octanol–water partition coefficient (Wildman–Crippen LogP) is 5.92. The number of aromatic nitrogens is 1. The maximum Gasteiger partial charge on any atom is 0.316 e. The number of pyridine rings is 1. The van der Waals surface area contributed by atoms with E-state index in [0.29, 0.717) is 5.92 Å². The molecule has 0 saturated carbocycles. The third-order valence-corrected chi connectivity index (χ3v) is 8.04. The molecule has 0 spiro atoms. The van der Waals surface area contributed by atoms with Crippen molar-refractivity contribution in [3.63, 3.8) is 0 Å². The number of piperidine rings is 3. The molecule has 3 saturated heterocycles. The molecule has 4 heterocycles. The van der Waals surface area contributed by atoms with Crippen LogP contribution in [-0.4, -0.2) is 35.0 Å². The summed E-state index contributed by atoms with van der Waals surface area (Å²) in [4.78, 5) is 20.8. The molecule has 5 atom stereocenters. The van der Waals surface area contributed by atoms with Crippen molar-refractivity contribution in [1.29, 1.82) is 0 Å². The molecule has 2 bridgehead atoms. The first-order valence-corrected chi connectivity index (χ1v) is 12.3. The van der Waals surface area contributed by atoms with Gasteiger partial charge in [-0.3, -0.25) is 14.7 Å². The van der Waals surface area contributed by atoms with Gasteiger partial charge in [0.05, 0.1) is 17.0 Å². The molecule has 172 valence electrons. The molecule has 3 aliphatic rings.